The number of nitrogens with zero attached hydrogens (tertiary/aromatic N) is 1. The molecule has 2 heterocycles. The molecule has 1 aromatic rings. The summed E-state index contributed by atoms with van der Waals surface area (Å²) in [6, 6.07) is 0. The molecule has 1 unspecified atom stereocenters. The molecule has 2 rings (SSSR count). The van der Waals surface area contributed by atoms with Crippen LogP contribution in [0.1, 0.15) is 12.1 Å². The molecule has 13 heavy (non-hydrogen) atoms. The molecule has 1 fully saturated rings. The summed E-state index contributed by atoms with van der Waals surface area (Å²) in [5.41, 5.74) is 6.71. The Morgan fingerprint density at radius 3 is 3.08 bits per heavy atom. The van der Waals surface area contributed by atoms with Gasteiger partial charge in [-0.15, -0.1) is 11.8 Å². The van der Waals surface area contributed by atoms with Crippen molar-refractivity contribution < 1.29 is 0 Å². The van der Waals surface area contributed by atoms with Crippen LogP contribution in [0.25, 0.3) is 0 Å². The first-order valence-electron chi connectivity index (χ1n) is 4.36. The van der Waals surface area contributed by atoms with E-state index in [1.54, 1.807) is 11.3 Å². The fraction of sp³-hybridized carbons (Fsp3) is 0.625. The van der Waals surface area contributed by atoms with Crippen molar-refractivity contribution in [3.63, 3.8) is 0 Å². The Hall–Kier alpha value is -0.260. The number of aryl methyl sites for hydroxylation is 1. The standard InChI is InChI=1S/C8H13N3S2/c1-5-7(13-8(9)11-5)12-6-2-3-10-4-6/h6,10H,2-4H2,1H3,(H2,9,11). The third-order valence-electron chi connectivity index (χ3n) is 2.06. The van der Waals surface area contributed by atoms with Crippen LogP contribution in [0, 0.1) is 6.92 Å². The minimum atomic E-state index is 0.686. The van der Waals surface area contributed by atoms with Crippen LogP contribution in [0.5, 0.6) is 0 Å². The maximum Gasteiger partial charge on any atom is 0.181 e. The third-order valence-corrected chi connectivity index (χ3v) is 4.62. The Balaban J connectivity index is 2.03. The fourth-order valence-electron chi connectivity index (χ4n) is 1.39. The summed E-state index contributed by atoms with van der Waals surface area (Å²) in [5, 5.41) is 4.74. The lowest BCUT2D eigenvalue weighted by Gasteiger charge is -2.04. The highest BCUT2D eigenvalue weighted by Gasteiger charge is 2.18. The van der Waals surface area contributed by atoms with Crippen LogP contribution in [0.2, 0.25) is 0 Å². The summed E-state index contributed by atoms with van der Waals surface area (Å²) in [6.07, 6.45) is 1.25. The normalized spacial score (nSPS) is 22.4. The van der Waals surface area contributed by atoms with Crippen molar-refractivity contribution in [1.82, 2.24) is 10.3 Å². The van der Waals surface area contributed by atoms with E-state index in [2.05, 4.69) is 10.3 Å². The number of thiazole rings is 1. The van der Waals surface area contributed by atoms with E-state index < -0.39 is 0 Å². The average molecular weight is 215 g/mol. The minimum Gasteiger partial charge on any atom is -0.375 e. The van der Waals surface area contributed by atoms with E-state index in [1.807, 2.05) is 18.7 Å². The first-order chi connectivity index (χ1) is 6.25. The van der Waals surface area contributed by atoms with E-state index in [-0.39, 0.29) is 0 Å². The van der Waals surface area contributed by atoms with Gasteiger partial charge in [0.15, 0.2) is 5.13 Å². The lowest BCUT2D eigenvalue weighted by molar-refractivity contribution is 0.858. The third kappa shape index (κ3) is 2.15. The lowest BCUT2D eigenvalue weighted by atomic mass is 10.4. The van der Waals surface area contributed by atoms with E-state index in [0.717, 1.165) is 18.8 Å². The summed E-state index contributed by atoms with van der Waals surface area (Å²) >= 11 is 3.52. The summed E-state index contributed by atoms with van der Waals surface area (Å²) in [7, 11) is 0. The van der Waals surface area contributed by atoms with Crippen LogP contribution < -0.4 is 11.1 Å². The van der Waals surface area contributed by atoms with E-state index >= 15 is 0 Å². The van der Waals surface area contributed by atoms with Crippen LogP contribution in [0.15, 0.2) is 4.21 Å². The van der Waals surface area contributed by atoms with Crippen molar-refractivity contribution in [3.05, 3.63) is 5.69 Å². The number of anilines is 1. The van der Waals surface area contributed by atoms with Crippen LogP contribution in [-0.2, 0) is 0 Å². The zero-order valence-electron chi connectivity index (χ0n) is 7.54. The first kappa shape index (κ1) is 9.30. The van der Waals surface area contributed by atoms with Gasteiger partial charge in [0.2, 0.25) is 0 Å². The van der Waals surface area contributed by atoms with E-state index in [9.17, 15) is 0 Å². The highest BCUT2D eigenvalue weighted by atomic mass is 32.2. The van der Waals surface area contributed by atoms with Crippen molar-refractivity contribution in [2.24, 2.45) is 0 Å². The summed E-state index contributed by atoms with van der Waals surface area (Å²) < 4.78 is 1.28. The van der Waals surface area contributed by atoms with E-state index in [1.165, 1.54) is 10.6 Å². The molecule has 1 atom stereocenters. The fourth-order valence-corrected chi connectivity index (χ4v) is 3.77. The number of hydrogen-bond donors (Lipinski definition) is 2. The summed E-state index contributed by atoms with van der Waals surface area (Å²) in [6.45, 7) is 4.28. The Kier molecular flexibility index (Phi) is 2.76. The van der Waals surface area contributed by atoms with Gasteiger partial charge in [-0.1, -0.05) is 11.3 Å². The largest absolute Gasteiger partial charge is 0.375 e. The second-order valence-electron chi connectivity index (χ2n) is 3.16. The molecule has 1 aromatic heterocycles. The van der Waals surface area contributed by atoms with Gasteiger partial charge in [0.1, 0.15) is 0 Å². The Bertz CT molecular complexity index is 292. The molecule has 1 aliphatic rings. The van der Waals surface area contributed by atoms with Gasteiger partial charge in [0, 0.05) is 11.8 Å². The Morgan fingerprint density at radius 2 is 2.54 bits per heavy atom. The first-order valence-corrected chi connectivity index (χ1v) is 6.05. The van der Waals surface area contributed by atoms with Crippen molar-refractivity contribution in [3.8, 4) is 0 Å². The van der Waals surface area contributed by atoms with Crippen molar-refractivity contribution >= 4 is 28.2 Å². The quantitative estimate of drug-likeness (QED) is 0.785. The van der Waals surface area contributed by atoms with Gasteiger partial charge in [-0.05, 0) is 19.9 Å². The van der Waals surface area contributed by atoms with E-state index in [4.69, 9.17) is 5.73 Å². The van der Waals surface area contributed by atoms with Crippen LogP contribution in [-0.4, -0.2) is 23.3 Å². The van der Waals surface area contributed by atoms with Crippen molar-refractivity contribution in [2.45, 2.75) is 22.8 Å². The zero-order chi connectivity index (χ0) is 9.26. The molecule has 0 aliphatic carbocycles. The zero-order valence-corrected chi connectivity index (χ0v) is 9.17. The molecule has 0 amide bonds. The highest BCUT2D eigenvalue weighted by Crippen LogP contribution is 2.35. The molecule has 3 N–H and O–H groups in total. The minimum absolute atomic E-state index is 0.686. The van der Waals surface area contributed by atoms with Crippen LogP contribution in [0.4, 0.5) is 5.13 Å². The van der Waals surface area contributed by atoms with Gasteiger partial charge in [0.05, 0.1) is 9.90 Å². The Morgan fingerprint density at radius 1 is 1.69 bits per heavy atom. The topological polar surface area (TPSA) is 50.9 Å². The maximum atomic E-state index is 5.63. The molecule has 0 saturated carbocycles. The molecule has 5 heteroatoms. The maximum absolute atomic E-state index is 5.63. The summed E-state index contributed by atoms with van der Waals surface area (Å²) in [4.78, 5) is 4.21. The number of rotatable bonds is 2. The molecule has 0 bridgehead atoms. The molecule has 0 radical (unpaired) electrons. The van der Waals surface area contributed by atoms with Gasteiger partial charge in [0.25, 0.3) is 0 Å². The highest BCUT2D eigenvalue weighted by molar-refractivity contribution is 8.01. The molecule has 3 nitrogen and oxygen atoms in total. The van der Waals surface area contributed by atoms with Crippen molar-refractivity contribution in [1.29, 1.82) is 0 Å². The number of thioether (sulfide) groups is 1. The number of nitrogen functional groups attached to an aromatic ring is 1. The van der Waals surface area contributed by atoms with Gasteiger partial charge in [-0.25, -0.2) is 4.98 Å². The number of aromatic nitrogens is 1. The van der Waals surface area contributed by atoms with Gasteiger partial charge in [-0.3, -0.25) is 0 Å². The predicted octanol–water partition coefficient (Wildman–Crippen LogP) is 1.49. The SMILES string of the molecule is Cc1nc(N)sc1SC1CCNC1. The Labute approximate surface area is 86.1 Å². The lowest BCUT2D eigenvalue weighted by Crippen LogP contribution is -2.09. The molecule has 0 spiro atoms. The monoisotopic (exact) mass is 215 g/mol. The number of nitrogens with one attached hydrogen (secondary N) is 1. The average Bonchev–Trinajstić information content (AvgIpc) is 2.63. The van der Waals surface area contributed by atoms with Gasteiger partial charge < -0.3 is 11.1 Å². The van der Waals surface area contributed by atoms with Crippen molar-refractivity contribution in [2.75, 3.05) is 18.8 Å². The predicted molar refractivity (Wildman–Crippen MR) is 58.4 cm³/mol. The molecular formula is C8H13N3S2. The molecule has 0 aromatic carbocycles. The second-order valence-corrected chi connectivity index (χ2v) is 5.76. The molecule has 72 valence electrons. The van der Waals surface area contributed by atoms with Gasteiger partial charge >= 0.3 is 0 Å². The van der Waals surface area contributed by atoms with Gasteiger partial charge in [-0.2, -0.15) is 0 Å². The van der Waals surface area contributed by atoms with E-state index in [0.29, 0.717) is 10.4 Å². The van der Waals surface area contributed by atoms with Crippen LogP contribution in [0.3, 0.4) is 0 Å². The number of nitrogens with two attached hydrogens (primary N) is 1. The summed E-state index contributed by atoms with van der Waals surface area (Å²) in [5.74, 6) is 0. The van der Waals surface area contributed by atoms with Crippen LogP contribution >= 0.6 is 23.1 Å². The second kappa shape index (κ2) is 3.86. The molecular weight excluding hydrogens is 202 g/mol. The number of hydrogen-bond acceptors (Lipinski definition) is 5. The molecule has 1 saturated heterocycles. The smallest absolute Gasteiger partial charge is 0.181 e. The molecule has 1 aliphatic heterocycles.